The normalized spacial score (nSPS) is 30.3. The zero-order valence-corrected chi connectivity index (χ0v) is 12.3. The van der Waals surface area contributed by atoms with Crippen LogP contribution in [0.5, 0.6) is 0 Å². The monoisotopic (exact) mass is 281 g/mol. The molecule has 0 saturated carbocycles. The Hall–Kier alpha value is -1.06. The lowest BCUT2D eigenvalue weighted by Gasteiger charge is -2.18. The zero-order valence-electron chi connectivity index (χ0n) is 11.5. The number of rotatable bonds is 3. The number of anilines is 1. The molecule has 0 radical (unpaired) electrons. The van der Waals surface area contributed by atoms with Crippen LogP contribution >= 0.6 is 11.6 Å². The summed E-state index contributed by atoms with van der Waals surface area (Å²) in [6.45, 7) is 6.04. The van der Waals surface area contributed by atoms with E-state index in [9.17, 15) is 4.79 Å². The molecular formula is C15H20ClNO2. The van der Waals surface area contributed by atoms with Crippen molar-refractivity contribution in [1.82, 2.24) is 0 Å². The molecule has 2 rings (SSSR count). The summed E-state index contributed by atoms with van der Waals surface area (Å²) in [6.07, 6.45) is 0.0844. The number of carbonyl (C=O) groups is 1. The standard InChI is InChI=1S/C15H20ClNO2/c1-9-10(2)19-11(3)14(9)15(18)17-13-6-4-5-12(7-13)8-16/h4-7,9-11,14H,8H2,1-3H3,(H,17,18). The van der Waals surface area contributed by atoms with Gasteiger partial charge in [0.25, 0.3) is 0 Å². The van der Waals surface area contributed by atoms with Crippen LogP contribution in [0.1, 0.15) is 26.3 Å². The van der Waals surface area contributed by atoms with E-state index in [0.29, 0.717) is 5.88 Å². The highest BCUT2D eigenvalue weighted by Crippen LogP contribution is 2.33. The van der Waals surface area contributed by atoms with Crippen molar-refractivity contribution >= 4 is 23.2 Å². The van der Waals surface area contributed by atoms with Crippen LogP contribution in [0.2, 0.25) is 0 Å². The lowest BCUT2D eigenvalue weighted by atomic mass is 9.89. The molecular weight excluding hydrogens is 262 g/mol. The zero-order chi connectivity index (χ0) is 14.0. The van der Waals surface area contributed by atoms with E-state index in [1.54, 1.807) is 0 Å². The van der Waals surface area contributed by atoms with Gasteiger partial charge in [-0.3, -0.25) is 4.79 Å². The van der Waals surface area contributed by atoms with Crippen molar-refractivity contribution in [1.29, 1.82) is 0 Å². The number of benzene rings is 1. The maximum atomic E-state index is 12.4. The minimum Gasteiger partial charge on any atom is -0.374 e. The Balaban J connectivity index is 2.08. The first-order chi connectivity index (χ1) is 9.02. The van der Waals surface area contributed by atoms with Gasteiger partial charge in [-0.2, -0.15) is 0 Å². The number of alkyl halides is 1. The first-order valence-electron chi connectivity index (χ1n) is 6.64. The molecule has 0 aromatic heterocycles. The molecule has 1 aliphatic rings. The third kappa shape index (κ3) is 3.10. The Morgan fingerprint density at radius 2 is 2.05 bits per heavy atom. The van der Waals surface area contributed by atoms with E-state index in [1.807, 2.05) is 38.1 Å². The van der Waals surface area contributed by atoms with Gasteiger partial charge in [-0.25, -0.2) is 0 Å². The summed E-state index contributed by atoms with van der Waals surface area (Å²) in [4.78, 5) is 12.4. The van der Waals surface area contributed by atoms with Crippen molar-refractivity contribution < 1.29 is 9.53 Å². The molecule has 0 aliphatic carbocycles. The molecule has 19 heavy (non-hydrogen) atoms. The summed E-state index contributed by atoms with van der Waals surface area (Å²) < 4.78 is 5.71. The molecule has 4 unspecified atom stereocenters. The molecule has 1 N–H and O–H groups in total. The summed E-state index contributed by atoms with van der Waals surface area (Å²) in [5.74, 6) is 0.594. The molecule has 104 valence electrons. The molecule has 1 aromatic rings. The Morgan fingerprint density at radius 1 is 1.32 bits per heavy atom. The topological polar surface area (TPSA) is 38.3 Å². The highest BCUT2D eigenvalue weighted by atomic mass is 35.5. The number of carbonyl (C=O) groups excluding carboxylic acids is 1. The summed E-state index contributed by atoms with van der Waals surface area (Å²) >= 11 is 5.80. The van der Waals surface area contributed by atoms with E-state index in [-0.39, 0.29) is 30.0 Å². The van der Waals surface area contributed by atoms with Crippen molar-refractivity contribution in [3.8, 4) is 0 Å². The van der Waals surface area contributed by atoms with Gasteiger partial charge >= 0.3 is 0 Å². The second-order valence-electron chi connectivity index (χ2n) is 5.25. The van der Waals surface area contributed by atoms with Gasteiger partial charge in [0.05, 0.1) is 18.1 Å². The Morgan fingerprint density at radius 3 is 2.63 bits per heavy atom. The SMILES string of the molecule is CC1OC(C)C(C(=O)Nc2cccc(CCl)c2)C1C. The molecule has 1 aromatic carbocycles. The van der Waals surface area contributed by atoms with Crippen LogP contribution in [-0.4, -0.2) is 18.1 Å². The van der Waals surface area contributed by atoms with Crippen molar-refractivity contribution in [3.63, 3.8) is 0 Å². The third-order valence-corrected chi connectivity index (χ3v) is 4.20. The number of amides is 1. The first-order valence-corrected chi connectivity index (χ1v) is 7.17. The maximum Gasteiger partial charge on any atom is 0.230 e. The van der Waals surface area contributed by atoms with Crippen LogP contribution in [0.3, 0.4) is 0 Å². The second-order valence-corrected chi connectivity index (χ2v) is 5.52. The first kappa shape index (κ1) is 14.4. The molecule has 1 amide bonds. The minimum atomic E-state index is -0.102. The number of ether oxygens (including phenoxy) is 1. The van der Waals surface area contributed by atoms with Crippen LogP contribution in [0.15, 0.2) is 24.3 Å². The predicted molar refractivity (Wildman–Crippen MR) is 77.3 cm³/mol. The van der Waals surface area contributed by atoms with Gasteiger partial charge in [0.1, 0.15) is 0 Å². The van der Waals surface area contributed by atoms with Crippen LogP contribution < -0.4 is 5.32 Å². The number of nitrogens with one attached hydrogen (secondary N) is 1. The number of halogens is 1. The molecule has 3 nitrogen and oxygen atoms in total. The van der Waals surface area contributed by atoms with Gasteiger partial charge in [-0.05, 0) is 37.5 Å². The summed E-state index contributed by atoms with van der Waals surface area (Å²) in [5, 5.41) is 2.96. The fraction of sp³-hybridized carbons (Fsp3) is 0.533. The maximum absolute atomic E-state index is 12.4. The largest absolute Gasteiger partial charge is 0.374 e. The van der Waals surface area contributed by atoms with E-state index in [4.69, 9.17) is 16.3 Å². The molecule has 1 saturated heterocycles. The van der Waals surface area contributed by atoms with Crippen LogP contribution in [0, 0.1) is 11.8 Å². The van der Waals surface area contributed by atoms with E-state index in [0.717, 1.165) is 11.3 Å². The molecule has 0 spiro atoms. The van der Waals surface area contributed by atoms with Crippen LogP contribution in [0.4, 0.5) is 5.69 Å². The van der Waals surface area contributed by atoms with Gasteiger partial charge in [0.2, 0.25) is 5.91 Å². The van der Waals surface area contributed by atoms with Crippen molar-refractivity contribution in [2.45, 2.75) is 38.9 Å². The molecule has 1 heterocycles. The van der Waals surface area contributed by atoms with E-state index in [2.05, 4.69) is 12.2 Å². The molecule has 4 heteroatoms. The smallest absolute Gasteiger partial charge is 0.230 e. The van der Waals surface area contributed by atoms with E-state index in [1.165, 1.54) is 0 Å². The second kappa shape index (κ2) is 5.93. The summed E-state index contributed by atoms with van der Waals surface area (Å²) in [5.41, 5.74) is 1.79. The quantitative estimate of drug-likeness (QED) is 0.862. The number of hydrogen-bond acceptors (Lipinski definition) is 2. The predicted octanol–water partition coefficient (Wildman–Crippen LogP) is 3.42. The van der Waals surface area contributed by atoms with Crippen LogP contribution in [0.25, 0.3) is 0 Å². The Kier molecular flexibility index (Phi) is 4.48. The lowest BCUT2D eigenvalue weighted by molar-refractivity contribution is -0.121. The molecule has 1 aliphatic heterocycles. The Bertz CT molecular complexity index is 463. The summed E-state index contributed by atoms with van der Waals surface area (Å²) in [7, 11) is 0. The Labute approximate surface area is 119 Å². The van der Waals surface area contributed by atoms with Crippen molar-refractivity contribution in [2.75, 3.05) is 5.32 Å². The van der Waals surface area contributed by atoms with E-state index < -0.39 is 0 Å². The highest BCUT2D eigenvalue weighted by Gasteiger charge is 2.41. The number of hydrogen-bond donors (Lipinski definition) is 1. The lowest BCUT2D eigenvalue weighted by Crippen LogP contribution is -2.31. The van der Waals surface area contributed by atoms with Crippen LogP contribution in [-0.2, 0) is 15.4 Å². The fourth-order valence-electron chi connectivity index (χ4n) is 2.68. The highest BCUT2D eigenvalue weighted by molar-refractivity contribution is 6.17. The van der Waals surface area contributed by atoms with Gasteiger partial charge in [-0.1, -0.05) is 19.1 Å². The third-order valence-electron chi connectivity index (χ3n) is 3.89. The fourth-order valence-corrected chi connectivity index (χ4v) is 2.84. The minimum absolute atomic E-state index is 0.0241. The van der Waals surface area contributed by atoms with Gasteiger partial charge in [0, 0.05) is 11.6 Å². The van der Waals surface area contributed by atoms with Gasteiger partial charge in [-0.15, -0.1) is 11.6 Å². The average molecular weight is 282 g/mol. The molecule has 4 atom stereocenters. The van der Waals surface area contributed by atoms with Gasteiger partial charge in [0.15, 0.2) is 0 Å². The average Bonchev–Trinajstić information content (AvgIpc) is 2.63. The summed E-state index contributed by atoms with van der Waals surface area (Å²) in [6, 6.07) is 7.62. The molecule has 1 fully saturated rings. The molecule has 0 bridgehead atoms. The van der Waals surface area contributed by atoms with E-state index >= 15 is 0 Å². The van der Waals surface area contributed by atoms with Crippen molar-refractivity contribution in [2.24, 2.45) is 11.8 Å². The van der Waals surface area contributed by atoms with Gasteiger partial charge < -0.3 is 10.1 Å². The van der Waals surface area contributed by atoms with Crippen molar-refractivity contribution in [3.05, 3.63) is 29.8 Å².